The fourth-order valence-corrected chi connectivity index (χ4v) is 1.31. The van der Waals surface area contributed by atoms with Crippen LogP contribution in [-0.2, 0) is 6.42 Å². The fraction of sp³-hybridized carbons (Fsp3) is 0.222. The normalized spacial score (nSPS) is 9.71. The molecule has 0 bridgehead atoms. The number of aromatic nitrogens is 1. The first-order valence-electron chi connectivity index (χ1n) is 4.24. The molecular formula is C9H4F2N4O2. The van der Waals surface area contributed by atoms with E-state index in [1.54, 1.807) is 0 Å². The van der Waals surface area contributed by atoms with E-state index in [0.29, 0.717) is 6.20 Å². The highest BCUT2D eigenvalue weighted by Gasteiger charge is 2.27. The summed E-state index contributed by atoms with van der Waals surface area (Å²) in [7, 11) is 0. The summed E-state index contributed by atoms with van der Waals surface area (Å²) >= 11 is 0. The summed E-state index contributed by atoms with van der Waals surface area (Å²) in [5.41, 5.74) is -1.77. The van der Waals surface area contributed by atoms with Crippen molar-refractivity contribution in [3.8, 4) is 12.1 Å². The van der Waals surface area contributed by atoms with Crippen molar-refractivity contribution in [1.29, 1.82) is 10.5 Å². The summed E-state index contributed by atoms with van der Waals surface area (Å²) < 4.78 is 25.5. The Hall–Kier alpha value is -2.61. The third-order valence-electron chi connectivity index (χ3n) is 1.97. The lowest BCUT2D eigenvalue weighted by Crippen LogP contribution is -2.05. The summed E-state index contributed by atoms with van der Waals surface area (Å²) in [4.78, 5) is 12.9. The molecule has 0 aliphatic heterocycles. The second-order valence-electron chi connectivity index (χ2n) is 2.89. The number of nitriles is 2. The highest BCUT2D eigenvalue weighted by Crippen LogP contribution is 2.31. The molecule has 0 saturated heterocycles. The molecule has 1 aromatic rings. The number of pyridine rings is 1. The van der Waals surface area contributed by atoms with Gasteiger partial charge in [0.2, 0.25) is 0 Å². The van der Waals surface area contributed by atoms with Crippen molar-refractivity contribution in [1.82, 2.24) is 4.98 Å². The Morgan fingerprint density at radius 1 is 1.53 bits per heavy atom. The van der Waals surface area contributed by atoms with Crippen molar-refractivity contribution >= 4 is 5.82 Å². The number of rotatable bonds is 3. The summed E-state index contributed by atoms with van der Waals surface area (Å²) in [6.07, 6.45) is -2.96. The molecule has 1 aromatic heterocycles. The Bertz CT molecular complexity index is 545. The van der Waals surface area contributed by atoms with Crippen LogP contribution in [0.5, 0.6) is 0 Å². The van der Waals surface area contributed by atoms with E-state index >= 15 is 0 Å². The third kappa shape index (κ3) is 2.32. The van der Waals surface area contributed by atoms with Gasteiger partial charge in [-0.15, -0.1) is 0 Å². The molecule has 8 heteroatoms. The molecule has 0 aliphatic rings. The van der Waals surface area contributed by atoms with Crippen LogP contribution in [0.1, 0.15) is 23.1 Å². The molecule has 0 radical (unpaired) electrons. The molecule has 0 saturated carbocycles. The van der Waals surface area contributed by atoms with Crippen molar-refractivity contribution in [3.63, 3.8) is 0 Å². The lowest BCUT2D eigenvalue weighted by Gasteiger charge is -2.06. The molecule has 0 atom stereocenters. The van der Waals surface area contributed by atoms with Gasteiger partial charge in [-0.05, 0) is 9.91 Å². The Morgan fingerprint density at radius 2 is 2.18 bits per heavy atom. The van der Waals surface area contributed by atoms with Crippen molar-refractivity contribution in [3.05, 3.63) is 33.0 Å². The topological polar surface area (TPSA) is 104 Å². The molecule has 0 unspecified atom stereocenters. The largest absolute Gasteiger partial charge is 0.368 e. The van der Waals surface area contributed by atoms with Gasteiger partial charge in [-0.3, -0.25) is 0 Å². The molecule has 0 fully saturated rings. The van der Waals surface area contributed by atoms with Gasteiger partial charge in [0.15, 0.2) is 6.20 Å². The van der Waals surface area contributed by atoms with E-state index in [1.165, 1.54) is 12.1 Å². The van der Waals surface area contributed by atoms with Gasteiger partial charge in [-0.25, -0.2) is 8.78 Å². The van der Waals surface area contributed by atoms with Crippen LogP contribution < -0.4 is 0 Å². The van der Waals surface area contributed by atoms with Gasteiger partial charge in [0.25, 0.3) is 6.43 Å². The van der Waals surface area contributed by atoms with Gasteiger partial charge in [0, 0.05) is 0 Å². The first-order chi connectivity index (χ1) is 8.02. The molecule has 86 valence electrons. The van der Waals surface area contributed by atoms with Crippen LogP contribution in [-0.4, -0.2) is 9.91 Å². The van der Waals surface area contributed by atoms with Crippen LogP contribution in [0.2, 0.25) is 0 Å². The first kappa shape index (κ1) is 12.5. The van der Waals surface area contributed by atoms with Crippen molar-refractivity contribution in [2.24, 2.45) is 0 Å². The van der Waals surface area contributed by atoms with E-state index in [-0.39, 0.29) is 0 Å². The number of alkyl halides is 2. The van der Waals surface area contributed by atoms with Crippen LogP contribution in [0.25, 0.3) is 0 Å². The average Bonchev–Trinajstić information content (AvgIpc) is 2.27. The Labute approximate surface area is 93.9 Å². The summed E-state index contributed by atoms with van der Waals surface area (Å²) in [5, 5.41) is 27.7. The zero-order valence-electron chi connectivity index (χ0n) is 8.22. The van der Waals surface area contributed by atoms with Crippen molar-refractivity contribution in [2.75, 3.05) is 0 Å². The number of halogens is 2. The van der Waals surface area contributed by atoms with E-state index in [0.717, 1.165) is 0 Å². The predicted molar refractivity (Wildman–Crippen MR) is 49.9 cm³/mol. The summed E-state index contributed by atoms with van der Waals surface area (Å²) in [5.74, 6) is -0.819. The lowest BCUT2D eigenvalue weighted by atomic mass is 10.0. The Morgan fingerprint density at radius 3 is 2.59 bits per heavy atom. The monoisotopic (exact) mass is 238 g/mol. The van der Waals surface area contributed by atoms with Crippen LogP contribution in [0.4, 0.5) is 14.6 Å². The number of nitrogens with zero attached hydrogens (tertiary/aromatic N) is 4. The minimum absolute atomic E-state index is 0.462. The van der Waals surface area contributed by atoms with Crippen LogP contribution in [0.15, 0.2) is 6.20 Å². The highest BCUT2D eigenvalue weighted by molar-refractivity contribution is 5.50. The van der Waals surface area contributed by atoms with Gasteiger partial charge in [0.05, 0.1) is 23.6 Å². The van der Waals surface area contributed by atoms with E-state index < -0.39 is 40.3 Å². The van der Waals surface area contributed by atoms with Gasteiger partial charge < -0.3 is 10.1 Å². The second-order valence-corrected chi connectivity index (χ2v) is 2.89. The molecule has 0 aromatic carbocycles. The van der Waals surface area contributed by atoms with Crippen molar-refractivity contribution < 1.29 is 13.7 Å². The second kappa shape index (κ2) is 4.94. The molecule has 0 amide bonds. The molecule has 0 N–H and O–H groups in total. The third-order valence-corrected chi connectivity index (χ3v) is 1.97. The Kier molecular flexibility index (Phi) is 3.62. The minimum atomic E-state index is -3.07. The molecule has 1 rings (SSSR count). The molecule has 1 heterocycles. The van der Waals surface area contributed by atoms with E-state index in [4.69, 9.17) is 10.5 Å². The van der Waals surface area contributed by atoms with E-state index in [9.17, 15) is 18.9 Å². The minimum Gasteiger partial charge on any atom is -0.358 e. The molecular weight excluding hydrogens is 234 g/mol. The molecule has 0 spiro atoms. The highest BCUT2D eigenvalue weighted by atomic mass is 19.3. The first-order valence-corrected chi connectivity index (χ1v) is 4.24. The van der Waals surface area contributed by atoms with Gasteiger partial charge in [-0.2, -0.15) is 10.5 Å². The van der Waals surface area contributed by atoms with Crippen LogP contribution in [0.3, 0.4) is 0 Å². The number of nitro groups is 1. The van der Waals surface area contributed by atoms with E-state index in [1.807, 2.05) is 0 Å². The van der Waals surface area contributed by atoms with Crippen molar-refractivity contribution in [2.45, 2.75) is 12.8 Å². The quantitative estimate of drug-likeness (QED) is 0.590. The molecule has 0 aliphatic carbocycles. The number of hydrogen-bond acceptors (Lipinski definition) is 5. The van der Waals surface area contributed by atoms with Gasteiger partial charge >= 0.3 is 5.82 Å². The van der Waals surface area contributed by atoms with E-state index in [2.05, 4.69) is 4.98 Å². The average molecular weight is 238 g/mol. The zero-order valence-corrected chi connectivity index (χ0v) is 8.22. The maximum absolute atomic E-state index is 12.7. The molecule has 6 nitrogen and oxygen atoms in total. The maximum Gasteiger partial charge on any atom is 0.368 e. The van der Waals surface area contributed by atoms with Crippen LogP contribution in [0, 0.1) is 32.8 Å². The summed E-state index contributed by atoms with van der Waals surface area (Å²) in [6.45, 7) is 0. The van der Waals surface area contributed by atoms with Crippen LogP contribution >= 0.6 is 0 Å². The van der Waals surface area contributed by atoms with Gasteiger partial charge in [-0.1, -0.05) is 0 Å². The van der Waals surface area contributed by atoms with Gasteiger partial charge in [0.1, 0.15) is 11.6 Å². The SMILES string of the molecule is N#CCc1c([N+](=O)[O-])ncc(C#N)c1C(F)F. The predicted octanol–water partition coefficient (Wildman–Crippen LogP) is 1.87. The molecule has 17 heavy (non-hydrogen) atoms. The zero-order chi connectivity index (χ0) is 13.0. The standard InChI is InChI=1S/C9H4F2N4O2/c10-8(11)7-5(3-13)4-14-9(15(16)17)6(7)1-2-12/h4,8H,1H2. The summed E-state index contributed by atoms with van der Waals surface area (Å²) in [6, 6.07) is 3.01. The smallest absolute Gasteiger partial charge is 0.358 e. The fourth-order valence-electron chi connectivity index (χ4n) is 1.31. The Balaban J connectivity index is 3.61. The number of hydrogen-bond donors (Lipinski definition) is 0. The lowest BCUT2D eigenvalue weighted by molar-refractivity contribution is -0.390. The maximum atomic E-state index is 12.7.